The van der Waals surface area contributed by atoms with Crippen molar-refractivity contribution >= 4 is 38.0 Å². The van der Waals surface area contributed by atoms with E-state index in [4.69, 9.17) is 9.47 Å². The standard InChI is InChI=1S/C23H25Br2F3N2O3/c1-21(2,3)33-20(31)30-11-9-22(25,10-12-30)19(24)15-5-4-6-17(13-15)32-18-8-7-16(14-29-18)23(26,27)28/h4-8,13-14,19H,9-12H2,1-3H3/t19-/m1/s1. The van der Waals surface area contributed by atoms with E-state index in [-0.39, 0.29) is 21.1 Å². The van der Waals surface area contributed by atoms with E-state index in [0.717, 1.165) is 17.8 Å². The molecule has 1 saturated heterocycles. The molecule has 5 nitrogen and oxygen atoms in total. The number of benzene rings is 1. The predicted molar refractivity (Wildman–Crippen MR) is 126 cm³/mol. The van der Waals surface area contributed by atoms with Crippen LogP contribution in [0.2, 0.25) is 0 Å². The minimum atomic E-state index is -4.45. The first-order valence-corrected chi connectivity index (χ1v) is 12.1. The highest BCUT2D eigenvalue weighted by molar-refractivity contribution is 9.12. The van der Waals surface area contributed by atoms with Crippen LogP contribution < -0.4 is 4.74 Å². The van der Waals surface area contributed by atoms with Gasteiger partial charge in [-0.2, -0.15) is 13.2 Å². The lowest BCUT2D eigenvalue weighted by Crippen LogP contribution is -2.47. The van der Waals surface area contributed by atoms with Gasteiger partial charge in [0.15, 0.2) is 0 Å². The molecule has 1 aliphatic rings. The lowest BCUT2D eigenvalue weighted by atomic mass is 9.89. The Bertz CT molecular complexity index is 970. The van der Waals surface area contributed by atoms with Crippen molar-refractivity contribution < 1.29 is 27.4 Å². The normalized spacial score (nSPS) is 17.4. The quantitative estimate of drug-likeness (QED) is 0.345. The van der Waals surface area contributed by atoms with E-state index in [0.29, 0.717) is 31.7 Å². The van der Waals surface area contributed by atoms with Gasteiger partial charge in [-0.1, -0.05) is 44.0 Å². The molecule has 1 aliphatic heterocycles. The summed E-state index contributed by atoms with van der Waals surface area (Å²) in [6, 6.07) is 9.42. The van der Waals surface area contributed by atoms with Gasteiger partial charge in [0, 0.05) is 29.7 Å². The van der Waals surface area contributed by atoms with Gasteiger partial charge in [0.2, 0.25) is 5.88 Å². The van der Waals surface area contributed by atoms with E-state index in [1.54, 1.807) is 11.0 Å². The van der Waals surface area contributed by atoms with Gasteiger partial charge in [0.05, 0.1) is 10.4 Å². The first-order chi connectivity index (χ1) is 15.3. The van der Waals surface area contributed by atoms with Crippen molar-refractivity contribution in [2.75, 3.05) is 13.1 Å². The molecule has 0 N–H and O–H groups in total. The highest BCUT2D eigenvalue weighted by Gasteiger charge is 2.41. The average Bonchev–Trinajstić information content (AvgIpc) is 2.72. The van der Waals surface area contributed by atoms with Crippen LogP contribution >= 0.6 is 31.9 Å². The SMILES string of the molecule is CC(C)(C)OC(=O)N1CCC(Br)([C@H](Br)c2cccc(Oc3ccc(C(F)(F)F)cn3)c2)CC1. The van der Waals surface area contributed by atoms with Crippen molar-refractivity contribution in [3.8, 4) is 11.6 Å². The number of alkyl halides is 5. The number of piperidine rings is 1. The Kier molecular flexibility index (Phi) is 7.68. The molecular weight excluding hydrogens is 569 g/mol. The number of pyridine rings is 1. The van der Waals surface area contributed by atoms with E-state index < -0.39 is 17.3 Å². The molecule has 0 bridgehead atoms. The van der Waals surface area contributed by atoms with Crippen molar-refractivity contribution in [1.82, 2.24) is 9.88 Å². The summed E-state index contributed by atoms with van der Waals surface area (Å²) in [5.41, 5.74) is -0.439. The summed E-state index contributed by atoms with van der Waals surface area (Å²) in [6.07, 6.45) is -2.61. The molecule has 1 amide bonds. The summed E-state index contributed by atoms with van der Waals surface area (Å²) < 4.78 is 49.0. The molecule has 0 spiro atoms. The molecule has 0 unspecified atom stereocenters. The number of hydrogen-bond acceptors (Lipinski definition) is 4. The zero-order valence-electron chi connectivity index (χ0n) is 18.5. The highest BCUT2D eigenvalue weighted by Crippen LogP contribution is 2.48. The maximum Gasteiger partial charge on any atom is 0.417 e. The second-order valence-electron chi connectivity index (χ2n) is 8.92. The Morgan fingerprint density at radius 1 is 1.15 bits per heavy atom. The number of carbonyl (C=O) groups is 1. The summed E-state index contributed by atoms with van der Waals surface area (Å²) in [6.45, 7) is 6.62. The van der Waals surface area contributed by atoms with Crippen LogP contribution in [0, 0.1) is 0 Å². The molecule has 2 heterocycles. The molecule has 0 aliphatic carbocycles. The van der Waals surface area contributed by atoms with E-state index in [2.05, 4.69) is 36.8 Å². The van der Waals surface area contributed by atoms with Crippen LogP contribution in [-0.4, -0.2) is 39.0 Å². The van der Waals surface area contributed by atoms with E-state index in [1.807, 2.05) is 39.0 Å². The molecule has 2 aromatic rings. The van der Waals surface area contributed by atoms with Crippen molar-refractivity contribution in [2.45, 2.75) is 54.5 Å². The molecule has 3 rings (SSSR count). The highest BCUT2D eigenvalue weighted by atomic mass is 79.9. The summed E-state index contributed by atoms with van der Waals surface area (Å²) in [7, 11) is 0. The van der Waals surface area contributed by atoms with Crippen LogP contribution in [0.4, 0.5) is 18.0 Å². The third-order valence-corrected chi connectivity index (χ3v) is 8.41. The second-order valence-corrected chi connectivity index (χ2v) is 11.4. The number of nitrogens with zero attached hydrogens (tertiary/aromatic N) is 2. The summed E-state index contributed by atoms with van der Waals surface area (Å²) in [5, 5.41) is 0. The topological polar surface area (TPSA) is 51.7 Å². The van der Waals surface area contributed by atoms with Gasteiger partial charge >= 0.3 is 12.3 Å². The predicted octanol–water partition coefficient (Wildman–Crippen LogP) is 7.49. The molecular formula is C23H25Br2F3N2O3. The summed E-state index contributed by atoms with van der Waals surface area (Å²) >= 11 is 7.65. The average molecular weight is 594 g/mol. The molecule has 33 heavy (non-hydrogen) atoms. The zero-order valence-corrected chi connectivity index (χ0v) is 21.6. The third kappa shape index (κ3) is 6.85. The molecule has 180 valence electrons. The summed E-state index contributed by atoms with van der Waals surface area (Å²) in [5.74, 6) is 0.539. The number of rotatable bonds is 4. The van der Waals surface area contributed by atoms with Gasteiger partial charge in [-0.15, -0.1) is 0 Å². The molecule has 10 heteroatoms. The van der Waals surface area contributed by atoms with Crippen LogP contribution in [0.15, 0.2) is 42.6 Å². The molecule has 1 aromatic carbocycles. The number of likely N-dealkylation sites (tertiary alicyclic amines) is 1. The molecule has 1 fully saturated rings. The van der Waals surface area contributed by atoms with E-state index >= 15 is 0 Å². The molecule has 1 atom stereocenters. The Balaban J connectivity index is 1.65. The number of hydrogen-bond donors (Lipinski definition) is 0. The third-order valence-electron chi connectivity index (χ3n) is 5.14. The second kappa shape index (κ2) is 9.82. The van der Waals surface area contributed by atoms with Crippen LogP contribution in [0.25, 0.3) is 0 Å². The Labute approximate surface area is 207 Å². The zero-order chi connectivity index (χ0) is 24.4. The van der Waals surface area contributed by atoms with Gasteiger partial charge in [-0.3, -0.25) is 0 Å². The van der Waals surface area contributed by atoms with Gasteiger partial charge in [0.1, 0.15) is 11.4 Å². The largest absolute Gasteiger partial charge is 0.444 e. The van der Waals surface area contributed by atoms with Gasteiger partial charge in [0.25, 0.3) is 0 Å². The van der Waals surface area contributed by atoms with Crippen LogP contribution in [0.3, 0.4) is 0 Å². The number of ether oxygens (including phenoxy) is 2. The fraction of sp³-hybridized carbons (Fsp3) is 0.478. The van der Waals surface area contributed by atoms with E-state index in [1.165, 1.54) is 6.07 Å². The van der Waals surface area contributed by atoms with Crippen LogP contribution in [0.1, 0.15) is 49.6 Å². The minimum absolute atomic E-state index is 0.0745. The molecule has 0 radical (unpaired) electrons. The van der Waals surface area contributed by atoms with Crippen molar-refractivity contribution in [1.29, 1.82) is 0 Å². The van der Waals surface area contributed by atoms with Crippen molar-refractivity contribution in [2.24, 2.45) is 0 Å². The van der Waals surface area contributed by atoms with Crippen molar-refractivity contribution in [3.63, 3.8) is 0 Å². The number of aromatic nitrogens is 1. The van der Waals surface area contributed by atoms with Gasteiger partial charge in [-0.05, 0) is 57.4 Å². The van der Waals surface area contributed by atoms with Crippen LogP contribution in [0.5, 0.6) is 11.6 Å². The Morgan fingerprint density at radius 2 is 1.82 bits per heavy atom. The van der Waals surface area contributed by atoms with E-state index in [9.17, 15) is 18.0 Å². The first-order valence-electron chi connectivity index (χ1n) is 10.4. The lowest BCUT2D eigenvalue weighted by molar-refractivity contribution is -0.137. The minimum Gasteiger partial charge on any atom is -0.444 e. The summed E-state index contributed by atoms with van der Waals surface area (Å²) in [4.78, 5) is 17.7. The fourth-order valence-corrected chi connectivity index (χ4v) is 4.77. The van der Waals surface area contributed by atoms with Crippen molar-refractivity contribution in [3.05, 3.63) is 53.7 Å². The maximum atomic E-state index is 12.7. The molecule has 1 aromatic heterocycles. The Hall–Kier alpha value is -1.81. The number of halogens is 5. The monoisotopic (exact) mass is 592 g/mol. The fourth-order valence-electron chi connectivity index (χ4n) is 3.40. The molecule has 0 saturated carbocycles. The number of amides is 1. The number of carbonyl (C=O) groups excluding carboxylic acids is 1. The van der Waals surface area contributed by atoms with Gasteiger partial charge < -0.3 is 14.4 Å². The smallest absolute Gasteiger partial charge is 0.417 e. The lowest BCUT2D eigenvalue weighted by Gasteiger charge is -2.41. The van der Waals surface area contributed by atoms with Gasteiger partial charge in [-0.25, -0.2) is 9.78 Å². The first kappa shape index (κ1) is 25.8. The van der Waals surface area contributed by atoms with Crippen LogP contribution in [-0.2, 0) is 10.9 Å². The maximum absolute atomic E-state index is 12.7. The Morgan fingerprint density at radius 3 is 2.36 bits per heavy atom.